The quantitative estimate of drug-likeness (QED) is 0.624. The van der Waals surface area contributed by atoms with E-state index >= 15 is 0 Å². The molecule has 24 heavy (non-hydrogen) atoms. The van der Waals surface area contributed by atoms with E-state index in [9.17, 15) is 0 Å². The molecule has 3 nitrogen and oxygen atoms in total. The molecule has 0 aromatic heterocycles. The Kier molecular flexibility index (Phi) is 4.35. The Morgan fingerprint density at radius 2 is 1.92 bits per heavy atom. The molecule has 0 spiro atoms. The number of hydrogen-bond donors (Lipinski definition) is 1. The summed E-state index contributed by atoms with van der Waals surface area (Å²) in [5.74, 6) is 0.557. The van der Waals surface area contributed by atoms with Crippen LogP contribution in [-0.4, -0.2) is 18.8 Å². The largest absolute Gasteiger partial charge is 0.369 e. The Labute approximate surface area is 145 Å². The fraction of sp³-hybridized carbons (Fsp3) is 0.381. The van der Waals surface area contributed by atoms with Gasteiger partial charge in [0.05, 0.1) is 11.9 Å². The lowest BCUT2D eigenvalue weighted by atomic mass is 9.79. The molecule has 126 valence electrons. The summed E-state index contributed by atoms with van der Waals surface area (Å²) in [5.41, 5.74) is 9.49. The zero-order valence-corrected chi connectivity index (χ0v) is 15.3. The third kappa shape index (κ3) is 3.16. The predicted molar refractivity (Wildman–Crippen MR) is 104 cm³/mol. The molecule has 1 aliphatic rings. The molecule has 1 atom stereocenters. The molecule has 2 aromatic carbocycles. The van der Waals surface area contributed by atoms with Crippen molar-refractivity contribution in [2.45, 2.75) is 45.6 Å². The first-order chi connectivity index (χ1) is 11.4. The van der Waals surface area contributed by atoms with Gasteiger partial charge in [-0.25, -0.2) is 0 Å². The van der Waals surface area contributed by atoms with Gasteiger partial charge < -0.3 is 4.90 Å². The summed E-state index contributed by atoms with van der Waals surface area (Å²) in [7, 11) is 2.20. The summed E-state index contributed by atoms with van der Waals surface area (Å²) < 4.78 is 0. The van der Waals surface area contributed by atoms with Crippen molar-refractivity contribution in [3.63, 3.8) is 0 Å². The minimum Gasteiger partial charge on any atom is -0.369 e. The highest BCUT2D eigenvalue weighted by molar-refractivity contribution is 5.84. The molecule has 2 aromatic rings. The topological polar surface area (TPSA) is 27.6 Å². The summed E-state index contributed by atoms with van der Waals surface area (Å²) in [6.45, 7) is 9.12. The van der Waals surface area contributed by atoms with Crippen molar-refractivity contribution in [1.29, 1.82) is 0 Å². The first-order valence-corrected chi connectivity index (χ1v) is 8.61. The number of benzene rings is 2. The van der Waals surface area contributed by atoms with Gasteiger partial charge in [0.2, 0.25) is 0 Å². The average Bonchev–Trinajstić information content (AvgIpc) is 2.54. The van der Waals surface area contributed by atoms with E-state index in [1.54, 1.807) is 0 Å². The van der Waals surface area contributed by atoms with E-state index in [0.717, 1.165) is 5.69 Å². The third-order valence-electron chi connectivity index (χ3n) is 5.19. The maximum atomic E-state index is 4.41. The summed E-state index contributed by atoms with van der Waals surface area (Å²) in [6, 6.07) is 14.6. The molecule has 1 N–H and O–H groups in total. The van der Waals surface area contributed by atoms with Crippen molar-refractivity contribution >= 4 is 17.6 Å². The number of nitrogens with one attached hydrogen (secondary N) is 1. The molecule has 3 rings (SSSR count). The Hall–Kier alpha value is -2.29. The standard InChI is InChI=1S/C21H27N3/c1-15-11-20-19(16(2)13-21(3,4)24(20)5)12-17(15)14-22-23-18-9-7-6-8-10-18/h6-12,14,16,23H,13H2,1-5H3/b22-14-. The van der Waals surface area contributed by atoms with Crippen LogP contribution >= 0.6 is 0 Å². The van der Waals surface area contributed by atoms with Gasteiger partial charge in [0.1, 0.15) is 0 Å². The first-order valence-electron chi connectivity index (χ1n) is 8.61. The lowest BCUT2D eigenvalue weighted by molar-refractivity contribution is 0.395. The van der Waals surface area contributed by atoms with Crippen molar-refractivity contribution in [2.75, 3.05) is 17.4 Å². The fourth-order valence-corrected chi connectivity index (χ4v) is 3.56. The van der Waals surface area contributed by atoms with Gasteiger partial charge in [-0.2, -0.15) is 5.10 Å². The Bertz CT molecular complexity index is 747. The number of rotatable bonds is 3. The molecule has 1 heterocycles. The molecule has 3 heteroatoms. The van der Waals surface area contributed by atoms with Gasteiger partial charge in [-0.3, -0.25) is 5.43 Å². The van der Waals surface area contributed by atoms with E-state index in [1.807, 2.05) is 36.5 Å². The normalized spacial score (nSPS) is 19.4. The van der Waals surface area contributed by atoms with Crippen LogP contribution in [0.25, 0.3) is 0 Å². The highest BCUT2D eigenvalue weighted by atomic mass is 15.3. The second kappa shape index (κ2) is 6.31. The van der Waals surface area contributed by atoms with E-state index in [2.05, 4.69) is 62.3 Å². The van der Waals surface area contributed by atoms with Crippen LogP contribution in [0.3, 0.4) is 0 Å². The molecule has 0 saturated heterocycles. The minimum atomic E-state index is 0.198. The predicted octanol–water partition coefficient (Wildman–Crippen LogP) is 5.16. The summed E-state index contributed by atoms with van der Waals surface area (Å²) >= 11 is 0. The highest BCUT2D eigenvalue weighted by Crippen LogP contribution is 2.43. The Morgan fingerprint density at radius 3 is 2.62 bits per heavy atom. The molecule has 1 aliphatic heterocycles. The van der Waals surface area contributed by atoms with Crippen LogP contribution in [0.4, 0.5) is 11.4 Å². The van der Waals surface area contributed by atoms with Crippen LogP contribution in [0.1, 0.15) is 49.8 Å². The molecule has 0 aliphatic carbocycles. The zero-order valence-electron chi connectivity index (χ0n) is 15.3. The van der Waals surface area contributed by atoms with Gasteiger partial charge in [-0.15, -0.1) is 0 Å². The van der Waals surface area contributed by atoms with Crippen molar-refractivity contribution in [2.24, 2.45) is 5.10 Å². The number of hydrogen-bond acceptors (Lipinski definition) is 3. The molecular weight excluding hydrogens is 294 g/mol. The van der Waals surface area contributed by atoms with Gasteiger partial charge in [0.25, 0.3) is 0 Å². The number of aryl methyl sites for hydroxylation is 1. The second-order valence-electron chi connectivity index (χ2n) is 7.48. The van der Waals surface area contributed by atoms with E-state index in [0.29, 0.717) is 5.92 Å². The Balaban J connectivity index is 1.88. The van der Waals surface area contributed by atoms with Gasteiger partial charge in [0.15, 0.2) is 0 Å². The summed E-state index contributed by atoms with van der Waals surface area (Å²) in [4.78, 5) is 2.42. The minimum absolute atomic E-state index is 0.198. The lowest BCUT2D eigenvalue weighted by Crippen LogP contribution is -2.45. The number of fused-ring (bicyclic) bond motifs is 1. The van der Waals surface area contributed by atoms with Gasteiger partial charge >= 0.3 is 0 Å². The van der Waals surface area contributed by atoms with Crippen LogP contribution in [0, 0.1) is 6.92 Å². The monoisotopic (exact) mass is 321 g/mol. The molecule has 0 amide bonds. The van der Waals surface area contributed by atoms with Crippen molar-refractivity contribution in [1.82, 2.24) is 0 Å². The van der Waals surface area contributed by atoms with Crippen LogP contribution in [0.5, 0.6) is 0 Å². The van der Waals surface area contributed by atoms with Crippen LogP contribution in [0.15, 0.2) is 47.6 Å². The van der Waals surface area contributed by atoms with E-state index in [4.69, 9.17) is 0 Å². The SMILES string of the molecule is Cc1cc2c(cc1/C=N\Nc1ccccc1)C(C)CC(C)(C)N2C. The van der Waals surface area contributed by atoms with E-state index in [1.165, 1.54) is 28.8 Å². The van der Waals surface area contributed by atoms with Crippen molar-refractivity contribution in [3.8, 4) is 0 Å². The summed E-state index contributed by atoms with van der Waals surface area (Å²) in [5, 5.41) is 4.41. The first kappa shape index (κ1) is 16.6. The molecular formula is C21H27N3. The van der Waals surface area contributed by atoms with Gasteiger partial charge in [-0.05, 0) is 74.1 Å². The number of anilines is 2. The zero-order chi connectivity index (χ0) is 17.3. The lowest BCUT2D eigenvalue weighted by Gasteiger charge is -2.45. The van der Waals surface area contributed by atoms with Crippen LogP contribution in [0.2, 0.25) is 0 Å². The number of para-hydroxylation sites is 1. The maximum absolute atomic E-state index is 4.41. The summed E-state index contributed by atoms with van der Waals surface area (Å²) in [6.07, 6.45) is 3.09. The highest BCUT2D eigenvalue weighted by Gasteiger charge is 2.34. The number of nitrogens with zero attached hydrogens (tertiary/aromatic N) is 2. The average molecular weight is 321 g/mol. The van der Waals surface area contributed by atoms with Gasteiger partial charge in [-0.1, -0.05) is 25.1 Å². The molecule has 0 bridgehead atoms. The molecule has 0 radical (unpaired) electrons. The number of hydrazone groups is 1. The maximum Gasteiger partial charge on any atom is 0.0561 e. The molecule has 1 unspecified atom stereocenters. The van der Waals surface area contributed by atoms with E-state index in [-0.39, 0.29) is 5.54 Å². The second-order valence-corrected chi connectivity index (χ2v) is 7.48. The van der Waals surface area contributed by atoms with Crippen molar-refractivity contribution < 1.29 is 0 Å². The molecule has 0 fully saturated rings. The molecule has 0 saturated carbocycles. The third-order valence-corrected chi connectivity index (χ3v) is 5.19. The van der Waals surface area contributed by atoms with Crippen LogP contribution in [-0.2, 0) is 0 Å². The van der Waals surface area contributed by atoms with Crippen LogP contribution < -0.4 is 10.3 Å². The van der Waals surface area contributed by atoms with Gasteiger partial charge in [0, 0.05) is 18.3 Å². The van der Waals surface area contributed by atoms with E-state index < -0.39 is 0 Å². The fourth-order valence-electron chi connectivity index (χ4n) is 3.56. The Morgan fingerprint density at radius 1 is 1.21 bits per heavy atom. The van der Waals surface area contributed by atoms with Crippen molar-refractivity contribution in [3.05, 3.63) is 59.2 Å². The smallest absolute Gasteiger partial charge is 0.0561 e.